The highest BCUT2D eigenvalue weighted by Crippen LogP contribution is 2.47. The van der Waals surface area contributed by atoms with E-state index in [1.54, 1.807) is 0 Å². The van der Waals surface area contributed by atoms with Crippen molar-refractivity contribution < 1.29 is 0 Å². The van der Waals surface area contributed by atoms with Gasteiger partial charge < -0.3 is 4.90 Å². The highest BCUT2D eigenvalue weighted by atomic mass is 32.1. The van der Waals surface area contributed by atoms with E-state index in [2.05, 4.69) is 254 Å². The van der Waals surface area contributed by atoms with Crippen molar-refractivity contribution >= 4 is 109 Å². The van der Waals surface area contributed by atoms with E-state index in [1.165, 1.54) is 89.0 Å². The lowest BCUT2D eigenvalue weighted by molar-refractivity contribution is 1.30. The maximum absolute atomic E-state index is 2.74. The summed E-state index contributed by atoms with van der Waals surface area (Å²) in [5, 5.41) is 10.6. The lowest BCUT2D eigenvalue weighted by Crippen LogP contribution is -2.74. The predicted octanol–water partition coefficient (Wildman–Crippen LogP) is 14.6. The minimum atomic E-state index is -2.74. The van der Waals surface area contributed by atoms with Gasteiger partial charge in [-0.25, -0.2) is 0 Å². The SMILES string of the molecule is c1ccc(-c2cc(-c3cccc4c3sc3ccccc34)cc(N(c3ccc([Si](c4ccccc4)(c4ccccc4)c4ccccc4)cc3)c3cccc4c3sc3ccccc34)c2)cc1. The minimum absolute atomic E-state index is 1.11. The fourth-order valence-corrected chi connectivity index (χ4v) is 17.1. The number of hydrogen-bond donors (Lipinski definition) is 0. The van der Waals surface area contributed by atoms with Crippen molar-refractivity contribution in [2.75, 3.05) is 4.90 Å². The molecule has 12 rings (SSSR count). The summed E-state index contributed by atoms with van der Waals surface area (Å²) in [6, 6.07) is 92.5. The van der Waals surface area contributed by atoms with Crippen LogP contribution < -0.4 is 25.6 Å². The second-order valence-electron chi connectivity index (χ2n) is 16.4. The lowest BCUT2D eigenvalue weighted by atomic mass is 9.96. The Morgan fingerprint density at radius 2 is 0.750 bits per heavy atom. The monoisotopic (exact) mass is 867 g/mol. The molecule has 0 aliphatic rings. The second-order valence-corrected chi connectivity index (χ2v) is 22.3. The van der Waals surface area contributed by atoms with Crippen LogP contribution in [0.25, 0.3) is 62.6 Å². The van der Waals surface area contributed by atoms with Gasteiger partial charge in [0.25, 0.3) is 0 Å². The molecule has 0 aliphatic carbocycles. The second kappa shape index (κ2) is 16.1. The maximum Gasteiger partial charge on any atom is 0.179 e. The van der Waals surface area contributed by atoms with E-state index in [0.29, 0.717) is 0 Å². The number of benzene rings is 10. The zero-order valence-electron chi connectivity index (χ0n) is 34.9. The van der Waals surface area contributed by atoms with E-state index < -0.39 is 8.07 Å². The van der Waals surface area contributed by atoms with Gasteiger partial charge in [0, 0.05) is 47.0 Å². The normalized spacial score (nSPS) is 11.8. The molecule has 0 fully saturated rings. The molecular weight excluding hydrogens is 827 g/mol. The van der Waals surface area contributed by atoms with Gasteiger partial charge in [0.2, 0.25) is 0 Å². The standard InChI is InChI=1S/C60H41NS2Si/c1-5-19-42(20-6-1)43-39-44(51-29-17-30-54-52-27-13-15-33-57(52)62-59(51)54)41-46(40-43)61(56-32-18-31-55-53-28-14-16-34-58(53)63-60(55)56)45-35-37-50(38-36-45)64(47-21-7-2-8-22-47,48-23-9-3-10-24-48)49-25-11-4-12-26-49/h1-41H. The quantitative estimate of drug-likeness (QED) is 0.103. The molecule has 0 N–H and O–H groups in total. The number of rotatable bonds is 9. The molecule has 64 heavy (non-hydrogen) atoms. The first-order chi connectivity index (χ1) is 31.7. The van der Waals surface area contributed by atoms with Gasteiger partial charge in [0.1, 0.15) is 0 Å². The summed E-state index contributed by atoms with van der Waals surface area (Å²) >= 11 is 3.76. The molecule has 302 valence electrons. The van der Waals surface area contributed by atoms with Crippen molar-refractivity contribution in [3.05, 3.63) is 249 Å². The van der Waals surface area contributed by atoms with Gasteiger partial charge in [-0.15, -0.1) is 22.7 Å². The highest BCUT2D eigenvalue weighted by molar-refractivity contribution is 7.27. The van der Waals surface area contributed by atoms with E-state index in [9.17, 15) is 0 Å². The third kappa shape index (κ3) is 6.41. The van der Waals surface area contributed by atoms with Crippen LogP contribution in [0, 0.1) is 0 Å². The average molecular weight is 868 g/mol. The Labute approximate surface area is 382 Å². The van der Waals surface area contributed by atoms with Gasteiger partial charge in [-0.05, 0) is 91.5 Å². The fraction of sp³-hybridized carbons (Fsp3) is 0. The Morgan fingerprint density at radius 3 is 1.34 bits per heavy atom. The molecular formula is C60H41NS2Si. The smallest absolute Gasteiger partial charge is 0.179 e. The molecule has 2 heterocycles. The number of hydrogen-bond acceptors (Lipinski definition) is 3. The van der Waals surface area contributed by atoms with Crippen molar-refractivity contribution in [1.29, 1.82) is 0 Å². The van der Waals surface area contributed by atoms with Crippen LogP contribution in [0.3, 0.4) is 0 Å². The first-order valence-electron chi connectivity index (χ1n) is 21.8. The van der Waals surface area contributed by atoms with Gasteiger partial charge in [-0.2, -0.15) is 0 Å². The van der Waals surface area contributed by atoms with Crippen LogP contribution in [-0.2, 0) is 0 Å². The van der Waals surface area contributed by atoms with Gasteiger partial charge in [-0.3, -0.25) is 0 Å². The van der Waals surface area contributed by atoms with Crippen LogP contribution in [0.1, 0.15) is 0 Å². The van der Waals surface area contributed by atoms with Gasteiger partial charge in [-0.1, -0.05) is 200 Å². The Kier molecular flexibility index (Phi) is 9.64. The number of fused-ring (bicyclic) bond motifs is 6. The zero-order valence-corrected chi connectivity index (χ0v) is 37.6. The van der Waals surface area contributed by atoms with Crippen LogP contribution in [-0.4, -0.2) is 8.07 Å². The third-order valence-electron chi connectivity index (χ3n) is 12.8. The molecule has 0 saturated carbocycles. The first-order valence-corrected chi connectivity index (χ1v) is 25.5. The molecule has 0 radical (unpaired) electrons. The van der Waals surface area contributed by atoms with Gasteiger partial charge in [0.05, 0.1) is 10.4 Å². The Morgan fingerprint density at radius 1 is 0.297 bits per heavy atom. The van der Waals surface area contributed by atoms with Gasteiger partial charge >= 0.3 is 0 Å². The van der Waals surface area contributed by atoms with Crippen LogP contribution in [0.2, 0.25) is 0 Å². The molecule has 12 aromatic rings. The molecule has 4 heteroatoms. The average Bonchev–Trinajstić information content (AvgIpc) is 3.95. The first kappa shape index (κ1) is 38.3. The molecule has 0 spiro atoms. The Hall–Kier alpha value is -7.34. The minimum Gasteiger partial charge on any atom is -0.309 e. The van der Waals surface area contributed by atoms with E-state index in [0.717, 1.165) is 11.4 Å². The fourth-order valence-electron chi connectivity index (χ4n) is 9.93. The van der Waals surface area contributed by atoms with Crippen molar-refractivity contribution in [3.63, 3.8) is 0 Å². The van der Waals surface area contributed by atoms with Gasteiger partial charge in [0.15, 0.2) is 8.07 Å². The molecule has 0 bridgehead atoms. The predicted molar refractivity (Wildman–Crippen MR) is 281 cm³/mol. The van der Waals surface area contributed by atoms with E-state index in [-0.39, 0.29) is 0 Å². The van der Waals surface area contributed by atoms with Crippen molar-refractivity contribution in [1.82, 2.24) is 0 Å². The largest absolute Gasteiger partial charge is 0.309 e. The Bertz CT molecular complexity index is 3500. The summed E-state index contributed by atoms with van der Waals surface area (Å²) in [5.41, 5.74) is 8.21. The summed E-state index contributed by atoms with van der Waals surface area (Å²) in [6.07, 6.45) is 0. The molecule has 0 saturated heterocycles. The molecule has 0 atom stereocenters. The molecule has 0 unspecified atom stereocenters. The summed E-state index contributed by atoms with van der Waals surface area (Å²) in [5.74, 6) is 0. The van der Waals surface area contributed by atoms with E-state index in [1.807, 2.05) is 22.7 Å². The van der Waals surface area contributed by atoms with E-state index >= 15 is 0 Å². The molecule has 2 aromatic heterocycles. The summed E-state index contributed by atoms with van der Waals surface area (Å²) < 4.78 is 5.18. The highest BCUT2D eigenvalue weighted by Gasteiger charge is 2.41. The summed E-state index contributed by atoms with van der Waals surface area (Å²) in [4.78, 5) is 2.51. The summed E-state index contributed by atoms with van der Waals surface area (Å²) in [6.45, 7) is 0. The third-order valence-corrected chi connectivity index (χ3v) is 20.0. The van der Waals surface area contributed by atoms with Crippen LogP contribution in [0.5, 0.6) is 0 Å². The number of nitrogens with zero attached hydrogens (tertiary/aromatic N) is 1. The molecule has 0 aliphatic heterocycles. The molecule has 1 nitrogen and oxygen atoms in total. The van der Waals surface area contributed by atoms with Crippen molar-refractivity contribution in [2.24, 2.45) is 0 Å². The number of anilines is 3. The van der Waals surface area contributed by atoms with E-state index in [4.69, 9.17) is 0 Å². The van der Waals surface area contributed by atoms with Crippen molar-refractivity contribution in [3.8, 4) is 22.3 Å². The number of thiophene rings is 2. The Balaban J connectivity index is 1.12. The molecule has 0 amide bonds. The molecule has 10 aromatic carbocycles. The maximum atomic E-state index is 2.51. The van der Waals surface area contributed by atoms with Crippen LogP contribution in [0.4, 0.5) is 17.1 Å². The lowest BCUT2D eigenvalue weighted by Gasteiger charge is -2.35. The zero-order chi connectivity index (χ0) is 42.5. The van der Waals surface area contributed by atoms with Crippen molar-refractivity contribution in [2.45, 2.75) is 0 Å². The van der Waals surface area contributed by atoms with Crippen LogP contribution >= 0.6 is 22.7 Å². The van der Waals surface area contributed by atoms with Crippen LogP contribution in [0.15, 0.2) is 249 Å². The summed E-state index contributed by atoms with van der Waals surface area (Å²) in [7, 11) is -2.74. The topological polar surface area (TPSA) is 3.24 Å².